The summed E-state index contributed by atoms with van der Waals surface area (Å²) in [6.45, 7) is 2.28. The van der Waals surface area contributed by atoms with E-state index in [4.69, 9.17) is 17.5 Å². The van der Waals surface area contributed by atoms with Crippen LogP contribution in [0.2, 0.25) is 0 Å². The smallest absolute Gasteiger partial charge is 0.759 e. The van der Waals surface area contributed by atoms with Crippen LogP contribution < -0.4 is 29.6 Å². The van der Waals surface area contributed by atoms with Gasteiger partial charge in [0, 0.05) is 10.4 Å². The summed E-state index contributed by atoms with van der Waals surface area (Å²) in [6, 6.07) is 15.4. The molecule has 0 heterocycles. The Hall–Kier alpha value is -0.430. The van der Waals surface area contributed by atoms with E-state index in [9.17, 15) is 0 Å². The zero-order valence-electron chi connectivity index (χ0n) is 15.2. The van der Waals surface area contributed by atoms with E-state index in [1.807, 2.05) is 0 Å². The van der Waals surface area contributed by atoms with Crippen LogP contribution in [0.5, 0.6) is 0 Å². The molecule has 2 aromatic carbocycles. The molecule has 134 valence electrons. The molecule has 0 bridgehead atoms. The standard InChI is InChI=1S/C19H26.Na.H2O4S/c1-2-3-4-5-6-7-8-12-17-14-11-15-18-13-9-10-16-19(17)18;;1-5(2,3)4/h9-11,13-16H,2-8,12H2,1H3;;(H2,1,2,3,4)/q;+1;/p-2. The minimum atomic E-state index is -5.17. The van der Waals surface area contributed by atoms with Gasteiger partial charge in [0.1, 0.15) is 0 Å². The van der Waals surface area contributed by atoms with Crippen molar-refractivity contribution in [3.05, 3.63) is 48.0 Å². The molecular formula is C19H26NaO4S-. The molecule has 6 heteroatoms. The fourth-order valence-corrected chi connectivity index (χ4v) is 2.78. The van der Waals surface area contributed by atoms with E-state index in [0.29, 0.717) is 0 Å². The van der Waals surface area contributed by atoms with Crippen LogP contribution >= 0.6 is 0 Å². The number of rotatable bonds is 8. The Bertz CT molecular complexity index is 688. The summed E-state index contributed by atoms with van der Waals surface area (Å²) in [5.41, 5.74) is 1.52. The third-order valence-corrected chi connectivity index (χ3v) is 3.93. The predicted molar refractivity (Wildman–Crippen MR) is 96.1 cm³/mol. The molecule has 0 aliphatic heterocycles. The number of fused-ring (bicyclic) bond motifs is 1. The van der Waals surface area contributed by atoms with E-state index in [2.05, 4.69) is 49.4 Å². The molecule has 2 aromatic rings. The van der Waals surface area contributed by atoms with Gasteiger partial charge in [-0.2, -0.15) is 0 Å². The van der Waals surface area contributed by atoms with Crippen molar-refractivity contribution in [3.63, 3.8) is 0 Å². The summed E-state index contributed by atoms with van der Waals surface area (Å²) < 4.78 is 34.1. The molecule has 0 aliphatic carbocycles. The quantitative estimate of drug-likeness (QED) is 0.306. The van der Waals surface area contributed by atoms with Gasteiger partial charge in [-0.3, -0.25) is 8.42 Å². The summed E-state index contributed by atoms with van der Waals surface area (Å²) in [7, 11) is -5.17. The molecule has 0 saturated carbocycles. The van der Waals surface area contributed by atoms with Crippen LogP contribution in [0.25, 0.3) is 10.8 Å². The van der Waals surface area contributed by atoms with Crippen molar-refractivity contribution < 1.29 is 47.1 Å². The van der Waals surface area contributed by atoms with Crippen molar-refractivity contribution in [2.75, 3.05) is 0 Å². The molecule has 0 amide bonds. The second-order valence-electron chi connectivity index (χ2n) is 5.92. The number of unbranched alkanes of at least 4 members (excludes halogenated alkanes) is 6. The molecule has 0 fully saturated rings. The number of hydrogen-bond acceptors (Lipinski definition) is 4. The van der Waals surface area contributed by atoms with Crippen molar-refractivity contribution in [3.8, 4) is 0 Å². The van der Waals surface area contributed by atoms with Gasteiger partial charge in [-0.25, -0.2) is 0 Å². The minimum absolute atomic E-state index is 0. The first-order valence-corrected chi connectivity index (χ1v) is 9.88. The Labute approximate surface area is 173 Å². The normalized spacial score (nSPS) is 10.7. The van der Waals surface area contributed by atoms with Crippen molar-refractivity contribution in [2.45, 2.75) is 58.3 Å². The van der Waals surface area contributed by atoms with Crippen molar-refractivity contribution in [1.82, 2.24) is 0 Å². The van der Waals surface area contributed by atoms with Gasteiger partial charge in [0.15, 0.2) is 0 Å². The molecule has 0 aliphatic rings. The fraction of sp³-hybridized carbons (Fsp3) is 0.474. The van der Waals surface area contributed by atoms with Gasteiger partial charge in [-0.05, 0) is 29.2 Å². The number of aryl methyl sites for hydroxylation is 1. The van der Waals surface area contributed by atoms with Crippen molar-refractivity contribution in [1.29, 1.82) is 0 Å². The second-order valence-corrected chi connectivity index (χ2v) is 6.73. The monoisotopic (exact) mass is 373 g/mol. The molecular weight excluding hydrogens is 347 g/mol. The molecule has 0 aromatic heterocycles. The van der Waals surface area contributed by atoms with Crippen LogP contribution in [0.15, 0.2) is 42.5 Å². The zero-order chi connectivity index (χ0) is 17.8. The first-order chi connectivity index (χ1) is 11.4. The number of hydrogen-bond donors (Lipinski definition) is 0. The summed E-state index contributed by atoms with van der Waals surface area (Å²) in [5, 5.41) is 2.82. The van der Waals surface area contributed by atoms with Crippen molar-refractivity contribution >= 4 is 21.2 Å². The maximum absolute atomic E-state index is 8.52. The van der Waals surface area contributed by atoms with Gasteiger partial charge < -0.3 is 9.11 Å². The van der Waals surface area contributed by atoms with E-state index in [0.717, 1.165) is 0 Å². The van der Waals surface area contributed by atoms with E-state index in [1.165, 1.54) is 67.7 Å². The summed E-state index contributed by atoms with van der Waals surface area (Å²) in [5.74, 6) is 0. The average Bonchev–Trinajstić information content (AvgIpc) is 2.52. The van der Waals surface area contributed by atoms with Gasteiger partial charge >= 0.3 is 29.6 Å². The average molecular weight is 373 g/mol. The molecule has 4 nitrogen and oxygen atoms in total. The van der Waals surface area contributed by atoms with E-state index >= 15 is 0 Å². The topological polar surface area (TPSA) is 80.3 Å². The van der Waals surface area contributed by atoms with Crippen LogP contribution in [0.4, 0.5) is 0 Å². The summed E-state index contributed by atoms with van der Waals surface area (Å²) in [4.78, 5) is 0. The maximum Gasteiger partial charge on any atom is 1.00 e. The van der Waals surface area contributed by atoms with Gasteiger partial charge in [0.05, 0.1) is 0 Å². The van der Waals surface area contributed by atoms with E-state index in [1.54, 1.807) is 0 Å². The van der Waals surface area contributed by atoms with Crippen LogP contribution in [0.1, 0.15) is 57.4 Å². The van der Waals surface area contributed by atoms with Crippen molar-refractivity contribution in [2.24, 2.45) is 0 Å². The Morgan fingerprint density at radius 2 is 1.32 bits per heavy atom. The third kappa shape index (κ3) is 12.5. The Morgan fingerprint density at radius 1 is 0.800 bits per heavy atom. The number of benzene rings is 2. The molecule has 0 spiro atoms. The summed E-state index contributed by atoms with van der Waals surface area (Å²) >= 11 is 0. The van der Waals surface area contributed by atoms with E-state index < -0.39 is 10.4 Å². The van der Waals surface area contributed by atoms with Gasteiger partial charge in [0.25, 0.3) is 0 Å². The molecule has 25 heavy (non-hydrogen) atoms. The third-order valence-electron chi connectivity index (χ3n) is 3.93. The molecule has 0 saturated heterocycles. The zero-order valence-corrected chi connectivity index (χ0v) is 18.1. The molecule has 0 radical (unpaired) electrons. The SMILES string of the molecule is CCCCCCCCCc1cccc2ccccc12.O=S(=O)([O-])[O-].[Na+]. The van der Waals surface area contributed by atoms with Crippen LogP contribution in [-0.2, 0) is 16.8 Å². The first-order valence-electron chi connectivity index (χ1n) is 8.55. The van der Waals surface area contributed by atoms with Gasteiger partial charge in [-0.15, -0.1) is 0 Å². The minimum Gasteiger partial charge on any atom is -0.759 e. The Balaban J connectivity index is 0.000000848. The van der Waals surface area contributed by atoms with Gasteiger partial charge in [0.2, 0.25) is 0 Å². The first kappa shape index (κ1) is 24.6. The molecule has 2 rings (SSSR count). The largest absolute Gasteiger partial charge is 1.00 e. The molecule has 0 unspecified atom stereocenters. The fourth-order valence-electron chi connectivity index (χ4n) is 2.78. The van der Waals surface area contributed by atoms with E-state index in [-0.39, 0.29) is 29.6 Å². The molecule has 0 atom stereocenters. The second kappa shape index (κ2) is 13.7. The predicted octanol–water partition coefficient (Wildman–Crippen LogP) is 1.80. The summed E-state index contributed by atoms with van der Waals surface area (Å²) in [6.07, 6.45) is 10.9. The van der Waals surface area contributed by atoms with Crippen LogP contribution in [0, 0.1) is 0 Å². The van der Waals surface area contributed by atoms with Gasteiger partial charge in [-0.1, -0.05) is 87.9 Å². The Kier molecular flexibility index (Phi) is 13.5. The Morgan fingerprint density at radius 3 is 1.96 bits per heavy atom. The molecule has 0 N–H and O–H groups in total. The van der Waals surface area contributed by atoms with Crippen LogP contribution in [0.3, 0.4) is 0 Å². The van der Waals surface area contributed by atoms with Crippen LogP contribution in [-0.4, -0.2) is 17.5 Å². The maximum atomic E-state index is 8.52.